The van der Waals surface area contributed by atoms with Crippen LogP contribution >= 0.6 is 34.9 Å². The number of oxime groups is 1. The second kappa shape index (κ2) is 12.8. The Balaban J connectivity index is 1.55. The topological polar surface area (TPSA) is 225 Å². The van der Waals surface area contributed by atoms with Crippen molar-refractivity contribution in [1.82, 2.24) is 35.8 Å². The average molecular weight is 596 g/mol. The number of β-lactam (4-membered cyclic amide) rings is 1. The SMILES string of the molecule is C=CCON=C(C(=O)NC1C(=O)N2C(C(=O)O)=C(C(CCO)Sc3nn[nH]n3)CS[C@H]12)c1csc(NC=O)n1. The van der Waals surface area contributed by atoms with Crippen molar-refractivity contribution >= 4 is 69.9 Å². The molecule has 0 saturated carbocycles. The Labute approximate surface area is 232 Å². The fraction of sp³-hybridized carbons (Fsp3) is 0.350. The average Bonchev–Trinajstić information content (AvgIpc) is 3.61. The van der Waals surface area contributed by atoms with E-state index in [2.05, 4.69) is 48.0 Å². The first-order valence-electron chi connectivity index (χ1n) is 11.1. The minimum Gasteiger partial charge on any atom is -0.477 e. The lowest BCUT2D eigenvalue weighted by Crippen LogP contribution is -2.71. The molecule has 2 aromatic heterocycles. The Bertz CT molecular complexity index is 1310. The second-order valence-corrected chi connectivity index (χ2v) is 10.8. The van der Waals surface area contributed by atoms with Crippen LogP contribution in [0, 0.1) is 0 Å². The number of tetrazole rings is 1. The Morgan fingerprint density at radius 1 is 1.46 bits per heavy atom. The number of anilines is 1. The van der Waals surface area contributed by atoms with Crippen LogP contribution in [0.3, 0.4) is 0 Å². The van der Waals surface area contributed by atoms with Gasteiger partial charge in [-0.1, -0.05) is 29.6 Å². The summed E-state index contributed by atoms with van der Waals surface area (Å²) >= 11 is 3.43. The molecular weight excluding hydrogens is 574 g/mol. The molecule has 2 aromatic rings. The molecule has 3 atom stereocenters. The zero-order valence-electron chi connectivity index (χ0n) is 19.8. The smallest absolute Gasteiger partial charge is 0.352 e. The molecule has 0 aliphatic carbocycles. The number of nitrogens with zero attached hydrogens (tertiary/aromatic N) is 6. The van der Waals surface area contributed by atoms with Gasteiger partial charge in [-0.2, -0.15) is 5.21 Å². The van der Waals surface area contributed by atoms with E-state index in [9.17, 15) is 29.4 Å². The standard InChI is InChI=1S/C20H21N9O7S3/c1-2-5-36-26-12(10-7-38-19(22-10)21-8-31)15(32)23-13-16(33)29-14(18(34)35)9(6-37-17(13)29)11(3-4-30)39-20-24-27-28-25-20/h2,7-8,11,13,17,30H,1,3-6H2,(H,23,32)(H,34,35)(H,21,22,31)(H,24,25,27,28)/t11?,13?,17-/m1/s1. The number of hydrogen-bond acceptors (Lipinski definition) is 14. The summed E-state index contributed by atoms with van der Waals surface area (Å²) < 4.78 is 0. The van der Waals surface area contributed by atoms with E-state index >= 15 is 0 Å². The van der Waals surface area contributed by atoms with Gasteiger partial charge in [0.05, 0.1) is 0 Å². The first kappa shape index (κ1) is 28.2. The molecule has 39 heavy (non-hydrogen) atoms. The van der Waals surface area contributed by atoms with Gasteiger partial charge in [-0.15, -0.1) is 33.3 Å². The third-order valence-corrected chi connectivity index (χ3v) is 8.60. The van der Waals surface area contributed by atoms with E-state index in [1.807, 2.05) is 0 Å². The Morgan fingerprint density at radius 2 is 2.28 bits per heavy atom. The van der Waals surface area contributed by atoms with Crippen molar-refractivity contribution in [3.05, 3.63) is 35.0 Å². The number of thiazole rings is 1. The van der Waals surface area contributed by atoms with Gasteiger partial charge in [-0.05, 0) is 17.2 Å². The van der Waals surface area contributed by atoms with Crippen molar-refractivity contribution in [2.75, 3.05) is 24.3 Å². The van der Waals surface area contributed by atoms with Gasteiger partial charge in [0.2, 0.25) is 11.6 Å². The van der Waals surface area contributed by atoms with Crippen LogP contribution in [0.4, 0.5) is 5.13 Å². The lowest BCUT2D eigenvalue weighted by Gasteiger charge is -2.50. The van der Waals surface area contributed by atoms with Crippen molar-refractivity contribution in [1.29, 1.82) is 0 Å². The molecule has 0 spiro atoms. The zero-order valence-corrected chi connectivity index (χ0v) is 22.3. The Kier molecular flexibility index (Phi) is 9.28. The number of aliphatic hydroxyl groups is 1. The van der Waals surface area contributed by atoms with Crippen LogP contribution in [0.2, 0.25) is 0 Å². The summed E-state index contributed by atoms with van der Waals surface area (Å²) in [5, 5.41) is 42.6. The molecule has 4 heterocycles. The number of amides is 3. The van der Waals surface area contributed by atoms with E-state index in [0.29, 0.717) is 12.0 Å². The maximum atomic E-state index is 13.2. The van der Waals surface area contributed by atoms with Gasteiger partial charge in [0, 0.05) is 23.0 Å². The van der Waals surface area contributed by atoms with Crippen LogP contribution in [-0.4, -0.2) is 106 Å². The fourth-order valence-corrected chi connectivity index (χ4v) is 6.89. The zero-order chi connectivity index (χ0) is 27.9. The molecule has 2 unspecified atom stereocenters. The summed E-state index contributed by atoms with van der Waals surface area (Å²) in [4.78, 5) is 59.6. The van der Waals surface area contributed by atoms with Crippen LogP contribution in [-0.2, 0) is 24.0 Å². The Hall–Kier alpha value is -3.81. The van der Waals surface area contributed by atoms with Gasteiger partial charge >= 0.3 is 5.97 Å². The molecular formula is C20H21N9O7S3. The van der Waals surface area contributed by atoms with Crippen molar-refractivity contribution in [2.24, 2.45) is 5.16 Å². The largest absolute Gasteiger partial charge is 0.477 e. The molecule has 16 nitrogen and oxygen atoms in total. The van der Waals surface area contributed by atoms with E-state index in [4.69, 9.17) is 4.84 Å². The number of carbonyl (C=O) groups is 4. The van der Waals surface area contributed by atoms with Gasteiger partial charge in [0.1, 0.15) is 29.4 Å². The lowest BCUT2D eigenvalue weighted by molar-refractivity contribution is -0.150. The number of aliphatic carboxylic acids is 1. The molecule has 0 bridgehead atoms. The number of aliphatic hydroxyl groups excluding tert-OH is 1. The third-order valence-electron chi connectivity index (χ3n) is 5.33. The number of carboxylic acid groups (broad SMARTS) is 1. The lowest BCUT2D eigenvalue weighted by atomic mass is 10.00. The maximum absolute atomic E-state index is 13.2. The predicted molar refractivity (Wildman–Crippen MR) is 140 cm³/mol. The number of aromatic amines is 1. The highest BCUT2D eigenvalue weighted by Crippen LogP contribution is 2.44. The van der Waals surface area contributed by atoms with Crippen LogP contribution in [0.1, 0.15) is 12.1 Å². The van der Waals surface area contributed by atoms with E-state index in [0.717, 1.165) is 28.0 Å². The molecule has 0 radical (unpaired) electrons. The second-order valence-electron chi connectivity index (χ2n) is 7.68. The van der Waals surface area contributed by atoms with Crippen LogP contribution in [0.25, 0.3) is 0 Å². The number of hydrogen-bond donors (Lipinski definition) is 5. The summed E-state index contributed by atoms with van der Waals surface area (Å²) in [5.74, 6) is -2.51. The normalized spacial score (nSPS) is 19.6. The summed E-state index contributed by atoms with van der Waals surface area (Å²) in [6.07, 6.45) is 2.05. The number of aromatic nitrogens is 5. The van der Waals surface area contributed by atoms with E-state index in [-0.39, 0.29) is 52.8 Å². The predicted octanol–water partition coefficient (Wildman–Crippen LogP) is -0.587. The summed E-state index contributed by atoms with van der Waals surface area (Å²) in [7, 11) is 0. The third kappa shape index (κ3) is 6.10. The van der Waals surface area contributed by atoms with Crippen molar-refractivity contribution in [3.63, 3.8) is 0 Å². The molecule has 3 amide bonds. The van der Waals surface area contributed by atoms with Gasteiger partial charge in [0.15, 0.2) is 10.8 Å². The van der Waals surface area contributed by atoms with E-state index in [1.165, 1.54) is 23.2 Å². The highest BCUT2D eigenvalue weighted by Gasteiger charge is 2.55. The fourth-order valence-electron chi connectivity index (χ4n) is 3.71. The molecule has 1 saturated heterocycles. The number of carbonyl (C=O) groups excluding carboxylic acids is 3. The quantitative estimate of drug-likeness (QED) is 0.0351. The summed E-state index contributed by atoms with van der Waals surface area (Å²) in [6, 6.07) is -1.05. The number of carboxylic acids is 1. The molecule has 0 aromatic carbocycles. The molecule has 5 N–H and O–H groups in total. The van der Waals surface area contributed by atoms with Gasteiger partial charge in [-0.3, -0.25) is 19.3 Å². The maximum Gasteiger partial charge on any atom is 0.352 e. The van der Waals surface area contributed by atoms with Gasteiger partial charge in [0.25, 0.3) is 11.8 Å². The molecule has 2 aliphatic rings. The molecule has 2 aliphatic heterocycles. The Morgan fingerprint density at radius 3 is 2.95 bits per heavy atom. The van der Waals surface area contributed by atoms with Crippen molar-refractivity contribution in [3.8, 4) is 0 Å². The first-order valence-corrected chi connectivity index (χ1v) is 13.9. The molecule has 1 fully saturated rings. The van der Waals surface area contributed by atoms with Gasteiger partial charge < -0.3 is 25.7 Å². The van der Waals surface area contributed by atoms with E-state index in [1.54, 1.807) is 0 Å². The molecule has 206 valence electrons. The molecule has 19 heteroatoms. The number of rotatable bonds is 14. The van der Waals surface area contributed by atoms with Crippen molar-refractivity contribution < 1.29 is 34.2 Å². The number of thioether (sulfide) groups is 2. The van der Waals surface area contributed by atoms with Crippen molar-refractivity contribution in [2.45, 2.75) is 28.2 Å². The number of nitrogens with one attached hydrogen (secondary N) is 3. The van der Waals surface area contributed by atoms with Crippen LogP contribution in [0.15, 0.2) is 39.6 Å². The summed E-state index contributed by atoms with van der Waals surface area (Å²) in [5.41, 5.74) is 0.0670. The number of fused-ring (bicyclic) bond motifs is 1. The van der Waals surface area contributed by atoms with Crippen LogP contribution < -0.4 is 10.6 Å². The molecule has 4 rings (SSSR count). The minimum absolute atomic E-state index is 0.00139. The number of H-pyrrole nitrogens is 1. The van der Waals surface area contributed by atoms with E-state index < -0.39 is 34.4 Å². The minimum atomic E-state index is -1.32. The summed E-state index contributed by atoms with van der Waals surface area (Å²) in [6.45, 7) is 3.28. The highest BCUT2D eigenvalue weighted by atomic mass is 32.2. The van der Waals surface area contributed by atoms with Crippen LogP contribution in [0.5, 0.6) is 0 Å². The first-order chi connectivity index (χ1) is 18.9. The highest BCUT2D eigenvalue weighted by molar-refractivity contribution is 8.01. The monoisotopic (exact) mass is 595 g/mol. The van der Waals surface area contributed by atoms with Gasteiger partial charge in [-0.25, -0.2) is 9.78 Å².